The van der Waals surface area contributed by atoms with E-state index >= 15 is 0 Å². The average molecular weight is 398 g/mol. The van der Waals surface area contributed by atoms with E-state index in [1.54, 1.807) is 0 Å². The summed E-state index contributed by atoms with van der Waals surface area (Å²) in [4.78, 5) is 11.7. The lowest BCUT2D eigenvalue weighted by Crippen LogP contribution is -2.10. The summed E-state index contributed by atoms with van der Waals surface area (Å²) in [5.74, 6) is 0.849. The minimum Gasteiger partial charge on any atom is -0.377 e. The number of hydrogen-bond donors (Lipinski definition) is 2. The van der Waals surface area contributed by atoms with Crippen LogP contribution in [0.1, 0.15) is 6.42 Å². The summed E-state index contributed by atoms with van der Waals surface area (Å²) in [6.45, 7) is 1.43. The fourth-order valence-corrected chi connectivity index (χ4v) is 3.60. The van der Waals surface area contributed by atoms with Crippen molar-refractivity contribution < 1.29 is 0 Å². The number of rotatable bonds is 7. The highest BCUT2D eigenvalue weighted by Gasteiger charge is 2.12. The molecule has 3 N–H and O–H groups in total. The van der Waals surface area contributed by atoms with Crippen LogP contribution in [0.5, 0.6) is 0 Å². The lowest BCUT2D eigenvalue weighted by atomic mass is 9.98. The minimum absolute atomic E-state index is 0.648. The van der Waals surface area contributed by atoms with Crippen molar-refractivity contribution in [2.24, 2.45) is 5.73 Å². The molecule has 0 amide bonds. The molecule has 0 fully saturated rings. The molecule has 0 saturated heterocycles. The van der Waals surface area contributed by atoms with Crippen molar-refractivity contribution in [2.45, 2.75) is 6.42 Å². The van der Waals surface area contributed by atoms with Crippen LogP contribution in [-0.4, -0.2) is 37.2 Å². The predicted octanol–water partition coefficient (Wildman–Crippen LogP) is 4.79. The highest BCUT2D eigenvalue weighted by Crippen LogP contribution is 2.35. The summed E-state index contributed by atoms with van der Waals surface area (Å²) < 4.78 is 0. The second-order valence-corrected chi connectivity index (χ2v) is 7.49. The first-order valence-corrected chi connectivity index (χ1v) is 10.2. The average Bonchev–Trinajstić information content (AvgIpc) is 2.79. The Morgan fingerprint density at radius 3 is 2.53 bits per heavy atom. The minimum atomic E-state index is 0.648. The van der Waals surface area contributed by atoms with Gasteiger partial charge in [0.1, 0.15) is 5.82 Å². The van der Waals surface area contributed by atoms with Crippen LogP contribution in [-0.2, 0) is 0 Å². The topological polar surface area (TPSA) is 67.1 Å². The number of nitrogens with one attached hydrogen (secondary N) is 1. The zero-order valence-electron chi connectivity index (χ0n) is 17.5. The molecule has 5 heteroatoms. The second-order valence-electron chi connectivity index (χ2n) is 7.49. The molecule has 0 atom stereocenters. The summed E-state index contributed by atoms with van der Waals surface area (Å²) in [5.41, 5.74) is 12.1. The molecule has 2 aromatic heterocycles. The summed E-state index contributed by atoms with van der Waals surface area (Å²) in [7, 11) is 4.14. The Bertz CT molecular complexity index is 1140. The second kappa shape index (κ2) is 8.93. The molecule has 2 heterocycles. The number of fused-ring (bicyclic) bond motifs is 1. The number of pyridine rings is 2. The van der Waals surface area contributed by atoms with E-state index in [2.05, 4.69) is 83.9 Å². The zero-order chi connectivity index (χ0) is 20.9. The largest absolute Gasteiger partial charge is 0.377 e. The Morgan fingerprint density at radius 1 is 0.933 bits per heavy atom. The SMILES string of the molecule is CN(C)c1ccc(-c2cc3ncccc3c(NCCCN)n2)cc1-c1ccccc1. The smallest absolute Gasteiger partial charge is 0.136 e. The Hall–Kier alpha value is -3.44. The van der Waals surface area contributed by atoms with E-state index in [1.165, 1.54) is 16.8 Å². The Kier molecular flexibility index (Phi) is 5.91. The van der Waals surface area contributed by atoms with Crippen LogP contribution in [0, 0.1) is 0 Å². The van der Waals surface area contributed by atoms with Gasteiger partial charge in [0.15, 0.2) is 0 Å². The molecule has 0 aliphatic rings. The van der Waals surface area contributed by atoms with Crippen molar-refractivity contribution in [2.75, 3.05) is 37.4 Å². The van der Waals surface area contributed by atoms with Gasteiger partial charge in [-0.05, 0) is 48.9 Å². The van der Waals surface area contributed by atoms with E-state index in [0.717, 1.165) is 40.9 Å². The standard InChI is InChI=1S/C25H27N5/c1-30(2)24-12-11-19(16-21(24)18-8-4-3-5-9-18)22-17-23-20(10-6-14-27-23)25(29-22)28-15-7-13-26/h3-6,8-12,14,16-17H,7,13,15,26H2,1-2H3,(H,28,29). The van der Waals surface area contributed by atoms with Crippen molar-refractivity contribution in [3.8, 4) is 22.4 Å². The molecule has 0 aliphatic carbocycles. The third-order valence-electron chi connectivity index (χ3n) is 5.13. The number of benzene rings is 2. The Morgan fingerprint density at radius 2 is 1.77 bits per heavy atom. The number of hydrogen-bond acceptors (Lipinski definition) is 5. The molecule has 4 aromatic rings. The van der Waals surface area contributed by atoms with Gasteiger partial charge < -0.3 is 16.0 Å². The lowest BCUT2D eigenvalue weighted by Gasteiger charge is -2.19. The molecule has 152 valence electrons. The molecular formula is C25H27N5. The van der Waals surface area contributed by atoms with E-state index in [1.807, 2.05) is 18.3 Å². The maximum Gasteiger partial charge on any atom is 0.136 e. The molecule has 4 rings (SSSR count). The van der Waals surface area contributed by atoms with E-state index in [-0.39, 0.29) is 0 Å². The fraction of sp³-hybridized carbons (Fsp3) is 0.200. The van der Waals surface area contributed by atoms with Gasteiger partial charge in [0, 0.05) is 49.0 Å². The van der Waals surface area contributed by atoms with Gasteiger partial charge in [0.2, 0.25) is 0 Å². The van der Waals surface area contributed by atoms with Crippen LogP contribution in [0.25, 0.3) is 33.3 Å². The Labute approximate surface area is 177 Å². The van der Waals surface area contributed by atoms with Crippen molar-refractivity contribution in [1.82, 2.24) is 9.97 Å². The highest BCUT2D eigenvalue weighted by atomic mass is 15.1. The van der Waals surface area contributed by atoms with Crippen molar-refractivity contribution in [3.05, 3.63) is 72.9 Å². The molecule has 2 aromatic carbocycles. The number of aromatic nitrogens is 2. The first-order valence-electron chi connectivity index (χ1n) is 10.2. The highest BCUT2D eigenvalue weighted by molar-refractivity contribution is 5.93. The first-order chi connectivity index (χ1) is 14.7. The molecule has 5 nitrogen and oxygen atoms in total. The molecule has 0 aliphatic heterocycles. The van der Waals surface area contributed by atoms with Gasteiger partial charge in [0.25, 0.3) is 0 Å². The van der Waals surface area contributed by atoms with E-state index in [9.17, 15) is 0 Å². The number of nitrogens with two attached hydrogens (primary N) is 1. The van der Waals surface area contributed by atoms with Gasteiger partial charge in [-0.15, -0.1) is 0 Å². The van der Waals surface area contributed by atoms with Gasteiger partial charge in [-0.1, -0.05) is 36.4 Å². The molecular weight excluding hydrogens is 370 g/mol. The van der Waals surface area contributed by atoms with Crippen molar-refractivity contribution in [3.63, 3.8) is 0 Å². The van der Waals surface area contributed by atoms with Crippen LogP contribution >= 0.6 is 0 Å². The zero-order valence-corrected chi connectivity index (χ0v) is 17.5. The molecule has 0 unspecified atom stereocenters. The van der Waals surface area contributed by atoms with Crippen LogP contribution in [0.3, 0.4) is 0 Å². The fourth-order valence-electron chi connectivity index (χ4n) is 3.60. The van der Waals surface area contributed by atoms with E-state index < -0.39 is 0 Å². The monoisotopic (exact) mass is 397 g/mol. The molecule has 0 bridgehead atoms. The summed E-state index contributed by atoms with van der Waals surface area (Å²) >= 11 is 0. The van der Waals surface area contributed by atoms with Crippen molar-refractivity contribution in [1.29, 1.82) is 0 Å². The predicted molar refractivity (Wildman–Crippen MR) is 127 cm³/mol. The van der Waals surface area contributed by atoms with Crippen LogP contribution in [0.2, 0.25) is 0 Å². The maximum absolute atomic E-state index is 5.66. The quantitative estimate of drug-likeness (QED) is 0.439. The van der Waals surface area contributed by atoms with E-state index in [0.29, 0.717) is 6.54 Å². The van der Waals surface area contributed by atoms with Crippen LogP contribution in [0.15, 0.2) is 72.9 Å². The summed E-state index contributed by atoms with van der Waals surface area (Å²) in [5, 5.41) is 4.46. The van der Waals surface area contributed by atoms with Crippen LogP contribution in [0.4, 0.5) is 11.5 Å². The summed E-state index contributed by atoms with van der Waals surface area (Å²) in [6, 6.07) is 23.0. The first kappa shape index (κ1) is 19.9. The van der Waals surface area contributed by atoms with Gasteiger partial charge in [0.05, 0.1) is 11.2 Å². The molecule has 0 spiro atoms. The number of nitrogens with zero attached hydrogens (tertiary/aromatic N) is 3. The third kappa shape index (κ3) is 4.11. The van der Waals surface area contributed by atoms with Crippen molar-refractivity contribution >= 4 is 22.4 Å². The van der Waals surface area contributed by atoms with Gasteiger partial charge >= 0.3 is 0 Å². The molecule has 0 radical (unpaired) electrons. The van der Waals surface area contributed by atoms with Gasteiger partial charge in [-0.25, -0.2) is 4.98 Å². The van der Waals surface area contributed by atoms with Gasteiger partial charge in [-0.3, -0.25) is 4.98 Å². The maximum atomic E-state index is 5.66. The number of anilines is 2. The molecule has 0 saturated carbocycles. The summed E-state index contributed by atoms with van der Waals surface area (Å²) in [6.07, 6.45) is 2.71. The van der Waals surface area contributed by atoms with Crippen LogP contribution < -0.4 is 16.0 Å². The Balaban J connectivity index is 1.84. The van der Waals surface area contributed by atoms with Gasteiger partial charge in [-0.2, -0.15) is 0 Å². The molecule has 30 heavy (non-hydrogen) atoms. The normalized spacial score (nSPS) is 10.9. The third-order valence-corrected chi connectivity index (χ3v) is 5.13. The van der Waals surface area contributed by atoms with E-state index in [4.69, 9.17) is 10.7 Å². The lowest BCUT2D eigenvalue weighted by molar-refractivity contribution is 0.871.